The zero-order valence-electron chi connectivity index (χ0n) is 13.3. The van der Waals surface area contributed by atoms with Gasteiger partial charge in [0.15, 0.2) is 0 Å². The van der Waals surface area contributed by atoms with Crippen LogP contribution in [-0.2, 0) is 29.4 Å². The monoisotopic (exact) mass is 344 g/mol. The third kappa shape index (κ3) is 2.76. The van der Waals surface area contributed by atoms with Crippen molar-refractivity contribution in [3.8, 4) is 5.75 Å². The van der Waals surface area contributed by atoms with E-state index >= 15 is 0 Å². The summed E-state index contributed by atoms with van der Waals surface area (Å²) in [5.41, 5.74) is 3.83. The number of rotatable bonds is 3. The minimum atomic E-state index is -3.69. The Balaban J connectivity index is 1.73. The lowest BCUT2D eigenvalue weighted by atomic mass is 10.00. The Hall–Kier alpha value is -2.05. The van der Waals surface area contributed by atoms with Crippen molar-refractivity contribution in [3.63, 3.8) is 0 Å². The molecule has 5 nitrogen and oxygen atoms in total. The summed E-state index contributed by atoms with van der Waals surface area (Å²) in [4.78, 5) is 0.223. The maximum Gasteiger partial charge on any atom is 0.265 e. The van der Waals surface area contributed by atoms with Crippen LogP contribution in [0.4, 0.5) is 5.69 Å². The Bertz CT molecular complexity index is 878. The van der Waals surface area contributed by atoms with Crippen molar-refractivity contribution >= 4 is 15.7 Å². The van der Waals surface area contributed by atoms with Crippen LogP contribution in [-0.4, -0.2) is 21.6 Å². The smallest absolute Gasteiger partial charge is 0.265 e. The van der Waals surface area contributed by atoms with E-state index in [1.807, 2.05) is 18.2 Å². The molecule has 2 aromatic carbocycles. The van der Waals surface area contributed by atoms with Gasteiger partial charge >= 0.3 is 0 Å². The van der Waals surface area contributed by atoms with E-state index in [0.29, 0.717) is 24.6 Å². The molecule has 24 heavy (non-hydrogen) atoms. The number of para-hydroxylation sites is 1. The lowest BCUT2D eigenvalue weighted by molar-refractivity contribution is 0.280. The van der Waals surface area contributed by atoms with Gasteiger partial charge in [-0.05, 0) is 54.6 Å². The van der Waals surface area contributed by atoms with Gasteiger partial charge in [0.2, 0.25) is 0 Å². The summed E-state index contributed by atoms with van der Waals surface area (Å²) in [6, 6.07) is 11.1. The third-order valence-electron chi connectivity index (χ3n) is 4.58. The quantitative estimate of drug-likeness (QED) is 0.898. The molecule has 0 amide bonds. The molecule has 126 valence electrons. The van der Waals surface area contributed by atoms with E-state index in [4.69, 9.17) is 4.74 Å². The van der Waals surface area contributed by atoms with Gasteiger partial charge in [-0.15, -0.1) is 0 Å². The molecule has 2 heterocycles. The average Bonchev–Trinajstić information content (AvgIpc) is 2.61. The summed E-state index contributed by atoms with van der Waals surface area (Å²) >= 11 is 0. The van der Waals surface area contributed by atoms with E-state index in [1.165, 1.54) is 5.56 Å². The molecule has 2 aliphatic heterocycles. The Morgan fingerprint density at radius 3 is 2.79 bits per heavy atom. The number of nitrogens with one attached hydrogen (secondary N) is 2. The molecule has 0 unspecified atom stereocenters. The lowest BCUT2D eigenvalue weighted by Gasteiger charge is -2.23. The van der Waals surface area contributed by atoms with Crippen LogP contribution in [0.5, 0.6) is 5.75 Å². The largest absolute Gasteiger partial charge is 0.492 e. The van der Waals surface area contributed by atoms with Gasteiger partial charge in [0.1, 0.15) is 10.6 Å². The number of fused-ring (bicyclic) bond motifs is 2. The summed E-state index contributed by atoms with van der Waals surface area (Å²) in [7, 11) is -3.69. The van der Waals surface area contributed by atoms with E-state index in [2.05, 4.69) is 16.1 Å². The highest BCUT2D eigenvalue weighted by atomic mass is 32.2. The van der Waals surface area contributed by atoms with Crippen LogP contribution >= 0.6 is 0 Å². The zero-order chi connectivity index (χ0) is 16.6. The fourth-order valence-electron chi connectivity index (χ4n) is 3.38. The van der Waals surface area contributed by atoms with Crippen LogP contribution in [0.15, 0.2) is 41.3 Å². The molecule has 6 heteroatoms. The van der Waals surface area contributed by atoms with Crippen LogP contribution in [0.25, 0.3) is 0 Å². The first-order valence-electron chi connectivity index (χ1n) is 8.24. The first-order chi connectivity index (χ1) is 11.6. The van der Waals surface area contributed by atoms with Crippen LogP contribution < -0.4 is 14.8 Å². The molecule has 0 bridgehead atoms. The van der Waals surface area contributed by atoms with Crippen molar-refractivity contribution in [2.45, 2.75) is 30.7 Å². The molecule has 0 atom stereocenters. The van der Waals surface area contributed by atoms with Gasteiger partial charge in [-0.1, -0.05) is 24.3 Å². The second kappa shape index (κ2) is 6.11. The van der Waals surface area contributed by atoms with Gasteiger partial charge in [0, 0.05) is 6.54 Å². The first-order valence-corrected chi connectivity index (χ1v) is 9.72. The van der Waals surface area contributed by atoms with Crippen molar-refractivity contribution in [2.75, 3.05) is 17.9 Å². The maximum absolute atomic E-state index is 12.9. The molecule has 2 aromatic rings. The van der Waals surface area contributed by atoms with Gasteiger partial charge in [0.05, 0.1) is 12.3 Å². The fraction of sp³-hybridized carbons (Fsp3) is 0.333. The summed E-state index contributed by atoms with van der Waals surface area (Å²) in [6.07, 6.45) is 2.68. The molecule has 0 saturated heterocycles. The van der Waals surface area contributed by atoms with Gasteiger partial charge in [0.25, 0.3) is 10.0 Å². The van der Waals surface area contributed by atoms with Crippen molar-refractivity contribution < 1.29 is 13.2 Å². The van der Waals surface area contributed by atoms with Crippen LogP contribution in [0, 0.1) is 0 Å². The van der Waals surface area contributed by atoms with E-state index in [1.54, 1.807) is 12.1 Å². The van der Waals surface area contributed by atoms with E-state index in [0.717, 1.165) is 36.9 Å². The minimum Gasteiger partial charge on any atom is -0.492 e. The summed E-state index contributed by atoms with van der Waals surface area (Å²) in [6.45, 7) is 2.16. The molecule has 0 fully saturated rings. The normalized spacial score (nSPS) is 16.7. The van der Waals surface area contributed by atoms with E-state index < -0.39 is 10.0 Å². The Labute approximate surface area is 142 Å². The van der Waals surface area contributed by atoms with Crippen molar-refractivity contribution in [1.29, 1.82) is 0 Å². The maximum atomic E-state index is 12.9. The number of benzene rings is 2. The molecule has 0 spiro atoms. The molecule has 4 rings (SSSR count). The molecule has 0 radical (unpaired) electrons. The van der Waals surface area contributed by atoms with Crippen molar-refractivity contribution in [2.24, 2.45) is 0 Å². The SMILES string of the molecule is O=S(=O)(Nc1cccc2c1CNCC2)c1cccc2c1OCCC2. The van der Waals surface area contributed by atoms with Crippen molar-refractivity contribution in [1.82, 2.24) is 5.32 Å². The molecule has 2 aliphatic rings. The first kappa shape index (κ1) is 15.5. The zero-order valence-corrected chi connectivity index (χ0v) is 14.2. The molecule has 2 N–H and O–H groups in total. The third-order valence-corrected chi connectivity index (χ3v) is 5.97. The van der Waals surface area contributed by atoms with E-state index in [9.17, 15) is 8.42 Å². The average molecular weight is 344 g/mol. The fourth-order valence-corrected chi connectivity index (χ4v) is 4.66. The second-order valence-corrected chi connectivity index (χ2v) is 7.82. The Kier molecular flexibility index (Phi) is 3.94. The van der Waals surface area contributed by atoms with Crippen LogP contribution in [0.2, 0.25) is 0 Å². The highest BCUT2D eigenvalue weighted by molar-refractivity contribution is 7.92. The Morgan fingerprint density at radius 1 is 1.04 bits per heavy atom. The van der Waals surface area contributed by atoms with Crippen LogP contribution in [0.3, 0.4) is 0 Å². The van der Waals surface area contributed by atoms with Gasteiger partial charge < -0.3 is 10.1 Å². The number of hydrogen-bond donors (Lipinski definition) is 2. The van der Waals surface area contributed by atoms with E-state index in [-0.39, 0.29) is 4.90 Å². The molecule has 0 saturated carbocycles. The summed E-state index contributed by atoms with van der Waals surface area (Å²) in [5.74, 6) is 0.499. The number of aryl methyl sites for hydroxylation is 1. The lowest BCUT2D eigenvalue weighted by Crippen LogP contribution is -2.26. The number of sulfonamides is 1. The second-order valence-electron chi connectivity index (χ2n) is 6.17. The molecule has 0 aromatic heterocycles. The molecule has 0 aliphatic carbocycles. The van der Waals surface area contributed by atoms with Crippen molar-refractivity contribution in [3.05, 3.63) is 53.1 Å². The van der Waals surface area contributed by atoms with Gasteiger partial charge in [-0.3, -0.25) is 4.72 Å². The number of ether oxygens (including phenoxy) is 1. The predicted octanol–water partition coefficient (Wildman–Crippen LogP) is 2.46. The highest BCUT2D eigenvalue weighted by Crippen LogP contribution is 2.34. The number of anilines is 1. The molecular formula is C18H20N2O3S. The predicted molar refractivity (Wildman–Crippen MR) is 92.9 cm³/mol. The van der Waals surface area contributed by atoms with Gasteiger partial charge in [-0.2, -0.15) is 0 Å². The minimum absolute atomic E-state index is 0.223. The standard InChI is InChI=1S/C18H20N2O3S/c21-24(22,17-8-2-5-14-6-3-11-23-18(14)17)20-16-7-1-4-13-9-10-19-12-15(13)16/h1-2,4-5,7-8,19-20H,3,6,9-12H2. The highest BCUT2D eigenvalue weighted by Gasteiger charge is 2.25. The summed E-state index contributed by atoms with van der Waals surface area (Å²) < 4.78 is 34.3. The van der Waals surface area contributed by atoms with Crippen LogP contribution in [0.1, 0.15) is 23.1 Å². The number of hydrogen-bond acceptors (Lipinski definition) is 4. The Morgan fingerprint density at radius 2 is 1.88 bits per heavy atom. The molecular weight excluding hydrogens is 324 g/mol. The van der Waals surface area contributed by atoms with Gasteiger partial charge in [-0.25, -0.2) is 8.42 Å². The summed E-state index contributed by atoms with van der Waals surface area (Å²) in [5, 5.41) is 3.30. The topological polar surface area (TPSA) is 67.4 Å².